The Morgan fingerprint density at radius 3 is 1.64 bits per heavy atom. The fourth-order valence-electron chi connectivity index (χ4n) is 6.17. The van der Waals surface area contributed by atoms with E-state index in [1.807, 2.05) is 0 Å². The Hall–Kier alpha value is -5.10. The van der Waals surface area contributed by atoms with E-state index in [1.54, 1.807) is 27.7 Å². The van der Waals surface area contributed by atoms with E-state index in [-0.39, 0.29) is 0 Å². The predicted molar refractivity (Wildman–Crippen MR) is 199 cm³/mol. The van der Waals surface area contributed by atoms with E-state index >= 15 is 0 Å². The van der Waals surface area contributed by atoms with Crippen LogP contribution in [-0.4, -0.2) is 38.4 Å². The van der Waals surface area contributed by atoms with E-state index in [0.29, 0.717) is 0 Å². The maximum Gasteiger partial charge on any atom is 0.114 e. The second kappa shape index (κ2) is 11.6. The lowest BCUT2D eigenvalue weighted by Gasteiger charge is -2.31. The second-order valence-electron chi connectivity index (χ2n) is 13.2. The summed E-state index contributed by atoms with van der Waals surface area (Å²) >= 11 is 0. The molecule has 2 N–H and O–H groups in total. The predicted octanol–water partition coefficient (Wildman–Crippen LogP) is 8.87. The molecule has 0 saturated carbocycles. The Morgan fingerprint density at radius 2 is 1.00 bits per heavy atom. The van der Waals surface area contributed by atoms with Gasteiger partial charge in [0.15, 0.2) is 0 Å². The highest BCUT2D eigenvalue weighted by Crippen LogP contribution is 2.40. The molecule has 0 spiro atoms. The first-order valence-electron chi connectivity index (χ1n) is 15.9. The largest absolute Gasteiger partial charge is 0.387 e. The summed E-state index contributed by atoms with van der Waals surface area (Å²) in [7, 11) is 6.68. The summed E-state index contributed by atoms with van der Waals surface area (Å²) in [5.74, 6) is 0. The molecule has 0 aliphatic carbocycles. The van der Waals surface area contributed by atoms with Gasteiger partial charge in [0, 0.05) is 27.2 Å². The van der Waals surface area contributed by atoms with Crippen LogP contribution in [0.1, 0.15) is 27.7 Å². The van der Waals surface area contributed by atoms with Crippen LogP contribution in [0.15, 0.2) is 140 Å². The lowest BCUT2D eigenvalue weighted by Crippen LogP contribution is -2.44. The average molecular weight is 613 g/mol. The minimum atomic E-state index is -1.01. The van der Waals surface area contributed by atoms with E-state index in [2.05, 4.69) is 149 Å². The molecule has 47 heavy (non-hydrogen) atoms. The van der Waals surface area contributed by atoms with Crippen molar-refractivity contribution in [2.45, 2.75) is 38.9 Å². The molecule has 8 aromatic rings. The highest BCUT2D eigenvalue weighted by molar-refractivity contribution is 6.34. The molecular weight excluding hydrogens is 575 g/mol. The molecule has 8 rings (SSSR count). The van der Waals surface area contributed by atoms with Crippen LogP contribution in [0.2, 0.25) is 0 Å². The zero-order valence-corrected chi connectivity index (χ0v) is 27.1. The van der Waals surface area contributed by atoms with Crippen molar-refractivity contribution in [2.24, 2.45) is 0 Å². The van der Waals surface area contributed by atoms with Gasteiger partial charge >= 0.3 is 0 Å². The summed E-state index contributed by atoms with van der Waals surface area (Å²) < 4.78 is 4.73. The first-order chi connectivity index (χ1) is 22.5. The minimum Gasteiger partial charge on any atom is -0.387 e. The molecule has 230 valence electrons. The molecule has 6 aromatic carbocycles. The van der Waals surface area contributed by atoms with Crippen LogP contribution in [-0.2, 0) is 0 Å². The molecule has 0 amide bonds. The maximum absolute atomic E-state index is 9.10. The quantitative estimate of drug-likeness (QED) is 0.195. The van der Waals surface area contributed by atoms with Gasteiger partial charge in [-0.15, -0.1) is 0 Å². The number of aliphatic hydroxyl groups is 2. The van der Waals surface area contributed by atoms with Gasteiger partial charge in [-0.25, -0.2) is 0 Å². The van der Waals surface area contributed by atoms with Crippen molar-refractivity contribution in [3.63, 3.8) is 0 Å². The van der Waals surface area contributed by atoms with Crippen LogP contribution < -0.4 is 5.46 Å². The first-order valence-corrected chi connectivity index (χ1v) is 15.9. The van der Waals surface area contributed by atoms with Gasteiger partial charge < -0.3 is 19.3 Å². The standard InChI is InChI=1S/C36H23BN2.C6H14O2/c37-26-22-34-36(30-16-8-10-18-32(30)38(34)27-13-5-2-6-14-27)35(23-26)39-31-17-9-7-15-28(31)29-20-19-25(21-33(29)39)24-11-3-1-4-12-24;1-5(2,7)6(3,4)8/h1-23H;7-8H,1-4H3. The fraction of sp³-hybridized carbons (Fsp3) is 0.143. The molecule has 0 saturated heterocycles. The minimum absolute atomic E-state index is 0.739. The van der Waals surface area contributed by atoms with Crippen molar-refractivity contribution >= 4 is 56.9 Å². The van der Waals surface area contributed by atoms with Crippen molar-refractivity contribution in [2.75, 3.05) is 0 Å². The number of para-hydroxylation sites is 3. The van der Waals surface area contributed by atoms with Gasteiger partial charge in [-0.2, -0.15) is 0 Å². The van der Waals surface area contributed by atoms with E-state index < -0.39 is 11.2 Å². The fourth-order valence-corrected chi connectivity index (χ4v) is 6.17. The third kappa shape index (κ3) is 5.42. The average Bonchev–Trinajstić information content (AvgIpc) is 3.57. The monoisotopic (exact) mass is 612 g/mol. The molecule has 0 unspecified atom stereocenters. The molecule has 0 atom stereocenters. The smallest absolute Gasteiger partial charge is 0.114 e. The van der Waals surface area contributed by atoms with Gasteiger partial charge in [-0.05, 0) is 81.3 Å². The highest BCUT2D eigenvalue weighted by Gasteiger charge is 2.32. The zero-order chi connectivity index (χ0) is 32.9. The maximum atomic E-state index is 9.10. The number of rotatable bonds is 4. The summed E-state index contributed by atoms with van der Waals surface area (Å²) in [5, 5.41) is 23.1. The lowest BCUT2D eigenvalue weighted by atomic mass is 9.90. The summed E-state index contributed by atoms with van der Waals surface area (Å²) in [5.41, 5.74) is 7.93. The summed E-state index contributed by atoms with van der Waals surface area (Å²) in [6.45, 7) is 6.31. The highest BCUT2D eigenvalue weighted by atomic mass is 16.3. The third-order valence-corrected chi connectivity index (χ3v) is 9.31. The SMILES string of the molecule is CC(C)(O)C(C)(C)O.[B]c1cc(-n2c3ccccc3c3ccc(-c4ccccc4)cc32)c2c3ccccc3n(-c3ccccc3)c2c1. The van der Waals surface area contributed by atoms with Crippen LogP contribution >= 0.6 is 0 Å². The number of nitrogens with zero attached hydrogens (tertiary/aromatic N) is 2. The van der Waals surface area contributed by atoms with Gasteiger partial charge in [-0.1, -0.05) is 103 Å². The molecule has 0 bridgehead atoms. The second-order valence-corrected chi connectivity index (χ2v) is 13.2. The Labute approximate surface area is 276 Å². The van der Waals surface area contributed by atoms with Crippen LogP contribution in [0.3, 0.4) is 0 Å². The van der Waals surface area contributed by atoms with Crippen LogP contribution in [0, 0.1) is 0 Å². The number of aromatic nitrogens is 2. The Balaban J connectivity index is 0.000000393. The number of fused-ring (bicyclic) bond motifs is 6. The molecule has 5 heteroatoms. The third-order valence-electron chi connectivity index (χ3n) is 9.31. The van der Waals surface area contributed by atoms with Gasteiger partial charge in [0.25, 0.3) is 0 Å². The summed E-state index contributed by atoms with van der Waals surface area (Å²) in [6.07, 6.45) is 0. The molecule has 2 heterocycles. The van der Waals surface area contributed by atoms with Gasteiger partial charge in [-0.3, -0.25) is 0 Å². The van der Waals surface area contributed by atoms with Crippen molar-refractivity contribution in [3.05, 3.63) is 140 Å². The van der Waals surface area contributed by atoms with E-state index in [9.17, 15) is 0 Å². The van der Waals surface area contributed by atoms with E-state index in [0.717, 1.165) is 27.9 Å². The number of hydrogen-bond donors (Lipinski definition) is 2. The summed E-state index contributed by atoms with van der Waals surface area (Å²) in [6, 6.07) is 49.5. The molecule has 0 aliphatic rings. The summed E-state index contributed by atoms with van der Waals surface area (Å²) in [4.78, 5) is 0. The molecule has 2 aromatic heterocycles. The molecular formula is C42H37BN2O2. The van der Waals surface area contributed by atoms with Crippen LogP contribution in [0.5, 0.6) is 0 Å². The van der Waals surface area contributed by atoms with Gasteiger partial charge in [0.2, 0.25) is 0 Å². The Morgan fingerprint density at radius 1 is 0.468 bits per heavy atom. The molecule has 0 aliphatic heterocycles. The van der Waals surface area contributed by atoms with Gasteiger partial charge in [0.1, 0.15) is 7.85 Å². The topological polar surface area (TPSA) is 50.3 Å². The lowest BCUT2D eigenvalue weighted by molar-refractivity contribution is -0.107. The Bertz CT molecular complexity index is 2360. The normalized spacial score (nSPS) is 12.1. The van der Waals surface area contributed by atoms with Crippen LogP contribution in [0.4, 0.5) is 0 Å². The van der Waals surface area contributed by atoms with Crippen LogP contribution in [0.25, 0.3) is 66.1 Å². The van der Waals surface area contributed by atoms with E-state index in [4.69, 9.17) is 18.1 Å². The molecule has 2 radical (unpaired) electrons. The number of hydrogen-bond acceptors (Lipinski definition) is 2. The first kappa shape index (κ1) is 30.6. The van der Waals surface area contributed by atoms with Crippen molar-refractivity contribution < 1.29 is 10.2 Å². The number of benzene rings is 6. The Kier molecular flexibility index (Phi) is 7.55. The van der Waals surface area contributed by atoms with Crippen molar-refractivity contribution in [3.8, 4) is 22.5 Å². The van der Waals surface area contributed by atoms with E-state index in [1.165, 1.54) is 43.7 Å². The van der Waals surface area contributed by atoms with Gasteiger partial charge in [0.05, 0.1) is 39.0 Å². The molecule has 4 nitrogen and oxygen atoms in total. The van der Waals surface area contributed by atoms with Crippen molar-refractivity contribution in [1.82, 2.24) is 9.13 Å². The molecule has 0 fully saturated rings. The van der Waals surface area contributed by atoms with Crippen molar-refractivity contribution in [1.29, 1.82) is 0 Å². The zero-order valence-electron chi connectivity index (χ0n) is 27.1.